The molecule has 1 aromatic heterocycles. The van der Waals surface area contributed by atoms with Crippen molar-refractivity contribution in [2.45, 2.75) is 32.2 Å². The number of carboxylic acids is 1. The number of aliphatic carboxylic acids is 1. The van der Waals surface area contributed by atoms with Gasteiger partial charge in [0.2, 0.25) is 0 Å². The lowest BCUT2D eigenvalue weighted by molar-refractivity contribution is -0.142. The second kappa shape index (κ2) is 5.20. The van der Waals surface area contributed by atoms with Gasteiger partial charge in [0.15, 0.2) is 0 Å². The van der Waals surface area contributed by atoms with Crippen molar-refractivity contribution in [3.63, 3.8) is 0 Å². The van der Waals surface area contributed by atoms with E-state index in [1.165, 1.54) is 0 Å². The Labute approximate surface area is 121 Å². The molecule has 6 heteroatoms. The zero-order valence-electron chi connectivity index (χ0n) is 11.7. The minimum absolute atomic E-state index is 0.244. The van der Waals surface area contributed by atoms with Gasteiger partial charge < -0.3 is 10.4 Å². The Morgan fingerprint density at radius 1 is 1.38 bits per heavy atom. The highest BCUT2D eigenvalue weighted by atomic mass is 16.4. The average Bonchev–Trinajstić information content (AvgIpc) is 3.05. The Morgan fingerprint density at radius 2 is 2.19 bits per heavy atom. The Kier molecular flexibility index (Phi) is 3.37. The van der Waals surface area contributed by atoms with Crippen molar-refractivity contribution in [3.05, 3.63) is 29.5 Å². The third-order valence-corrected chi connectivity index (χ3v) is 4.09. The minimum Gasteiger partial charge on any atom is -0.481 e. The molecule has 21 heavy (non-hydrogen) atoms. The standard InChI is InChI=1S/C15H17N3O3/c1-8-5-9-7-16-18-13(9)11(6-8)14(19)17-12-4-2-3-10(12)15(20)21/h5-7,10,12H,2-4H2,1H3,(H,16,18)(H,17,19)(H,20,21)/t10-,12+/m0/s1. The van der Waals surface area contributed by atoms with E-state index < -0.39 is 11.9 Å². The van der Waals surface area contributed by atoms with E-state index in [-0.39, 0.29) is 11.9 Å². The molecule has 1 aliphatic rings. The van der Waals surface area contributed by atoms with E-state index in [2.05, 4.69) is 15.5 Å². The lowest BCUT2D eigenvalue weighted by atomic mass is 10.0. The second-order valence-electron chi connectivity index (χ2n) is 5.60. The molecule has 0 radical (unpaired) electrons. The summed E-state index contributed by atoms with van der Waals surface area (Å²) < 4.78 is 0. The molecule has 2 aromatic rings. The highest BCUT2D eigenvalue weighted by molar-refractivity contribution is 6.06. The maximum atomic E-state index is 12.5. The van der Waals surface area contributed by atoms with Crippen LogP contribution in [-0.4, -0.2) is 33.2 Å². The van der Waals surface area contributed by atoms with Gasteiger partial charge in [-0.1, -0.05) is 6.42 Å². The first kappa shape index (κ1) is 13.6. The van der Waals surface area contributed by atoms with E-state index in [4.69, 9.17) is 0 Å². The van der Waals surface area contributed by atoms with Gasteiger partial charge in [0.25, 0.3) is 5.91 Å². The first-order chi connectivity index (χ1) is 10.1. The number of carbonyl (C=O) groups excluding carboxylic acids is 1. The van der Waals surface area contributed by atoms with Gasteiger partial charge in [-0.05, 0) is 37.5 Å². The summed E-state index contributed by atoms with van der Waals surface area (Å²) in [5.74, 6) is -1.57. The Hall–Kier alpha value is -2.37. The van der Waals surface area contributed by atoms with E-state index >= 15 is 0 Å². The summed E-state index contributed by atoms with van der Waals surface area (Å²) in [7, 11) is 0. The molecular formula is C15H17N3O3. The molecule has 3 rings (SSSR count). The highest BCUT2D eigenvalue weighted by Crippen LogP contribution is 2.27. The fraction of sp³-hybridized carbons (Fsp3) is 0.400. The second-order valence-corrected chi connectivity index (χ2v) is 5.60. The molecule has 0 unspecified atom stereocenters. The van der Waals surface area contributed by atoms with Crippen LogP contribution in [0, 0.1) is 12.8 Å². The predicted octanol–water partition coefficient (Wildman–Crippen LogP) is 1.85. The topological polar surface area (TPSA) is 95.1 Å². The van der Waals surface area contributed by atoms with Gasteiger partial charge in [-0.3, -0.25) is 14.7 Å². The summed E-state index contributed by atoms with van der Waals surface area (Å²) in [6, 6.07) is 3.44. The number of hydrogen-bond donors (Lipinski definition) is 3. The largest absolute Gasteiger partial charge is 0.481 e. The smallest absolute Gasteiger partial charge is 0.308 e. The number of H-pyrrole nitrogens is 1. The molecule has 1 fully saturated rings. The van der Waals surface area contributed by atoms with Crippen LogP contribution in [0.1, 0.15) is 35.2 Å². The Balaban J connectivity index is 1.87. The number of carbonyl (C=O) groups is 2. The lowest BCUT2D eigenvalue weighted by Crippen LogP contribution is -2.40. The van der Waals surface area contributed by atoms with Gasteiger partial charge in [-0.25, -0.2) is 0 Å². The highest BCUT2D eigenvalue weighted by Gasteiger charge is 2.34. The zero-order chi connectivity index (χ0) is 15.0. The fourth-order valence-electron chi connectivity index (χ4n) is 3.06. The van der Waals surface area contributed by atoms with E-state index in [1.54, 1.807) is 12.3 Å². The number of hydrogen-bond acceptors (Lipinski definition) is 3. The van der Waals surface area contributed by atoms with Crippen LogP contribution in [-0.2, 0) is 4.79 Å². The van der Waals surface area contributed by atoms with Crippen LogP contribution < -0.4 is 5.32 Å². The molecule has 1 saturated carbocycles. The van der Waals surface area contributed by atoms with Crippen LogP contribution >= 0.6 is 0 Å². The van der Waals surface area contributed by atoms with Crippen molar-refractivity contribution in [2.24, 2.45) is 5.92 Å². The van der Waals surface area contributed by atoms with Crippen molar-refractivity contribution in [1.82, 2.24) is 15.5 Å². The molecule has 0 spiro atoms. The molecule has 1 aliphatic carbocycles. The summed E-state index contributed by atoms with van der Waals surface area (Å²) in [4.78, 5) is 23.7. The van der Waals surface area contributed by atoms with Crippen LogP contribution in [0.5, 0.6) is 0 Å². The van der Waals surface area contributed by atoms with Crippen LogP contribution in [0.4, 0.5) is 0 Å². The summed E-state index contributed by atoms with van der Waals surface area (Å²) in [6.45, 7) is 1.92. The molecule has 6 nitrogen and oxygen atoms in total. The number of nitrogens with zero attached hydrogens (tertiary/aromatic N) is 1. The molecule has 0 bridgehead atoms. The Morgan fingerprint density at radius 3 is 2.95 bits per heavy atom. The molecule has 1 heterocycles. The first-order valence-electron chi connectivity index (χ1n) is 7.03. The molecule has 0 saturated heterocycles. The van der Waals surface area contributed by atoms with Crippen LogP contribution in [0.2, 0.25) is 0 Å². The van der Waals surface area contributed by atoms with Gasteiger partial charge in [-0.15, -0.1) is 0 Å². The molecule has 1 aromatic carbocycles. The number of aromatic nitrogens is 2. The zero-order valence-corrected chi connectivity index (χ0v) is 11.7. The Bertz CT molecular complexity index is 707. The molecular weight excluding hydrogens is 270 g/mol. The minimum atomic E-state index is -0.839. The molecule has 110 valence electrons. The SMILES string of the molecule is Cc1cc(C(=O)N[C@@H]2CCC[C@@H]2C(=O)O)c2[nH]ncc2c1. The predicted molar refractivity (Wildman–Crippen MR) is 77.1 cm³/mol. The van der Waals surface area contributed by atoms with Gasteiger partial charge in [-0.2, -0.15) is 5.10 Å². The van der Waals surface area contributed by atoms with Crippen molar-refractivity contribution in [3.8, 4) is 0 Å². The van der Waals surface area contributed by atoms with Gasteiger partial charge in [0, 0.05) is 11.4 Å². The third-order valence-electron chi connectivity index (χ3n) is 4.09. The number of aryl methyl sites for hydroxylation is 1. The lowest BCUT2D eigenvalue weighted by Gasteiger charge is -2.18. The summed E-state index contributed by atoms with van der Waals surface area (Å²) >= 11 is 0. The van der Waals surface area contributed by atoms with Gasteiger partial charge >= 0.3 is 5.97 Å². The molecule has 3 N–H and O–H groups in total. The number of fused-ring (bicyclic) bond motifs is 1. The number of amides is 1. The third kappa shape index (κ3) is 2.49. The number of carboxylic acid groups (broad SMARTS) is 1. The van der Waals surface area contributed by atoms with Crippen molar-refractivity contribution < 1.29 is 14.7 Å². The number of rotatable bonds is 3. The maximum Gasteiger partial charge on any atom is 0.308 e. The molecule has 0 aliphatic heterocycles. The maximum absolute atomic E-state index is 12.5. The average molecular weight is 287 g/mol. The van der Waals surface area contributed by atoms with E-state index in [9.17, 15) is 14.7 Å². The first-order valence-corrected chi connectivity index (χ1v) is 7.03. The fourth-order valence-corrected chi connectivity index (χ4v) is 3.06. The summed E-state index contributed by atoms with van der Waals surface area (Å²) in [6.07, 6.45) is 3.83. The van der Waals surface area contributed by atoms with E-state index in [0.717, 1.165) is 17.4 Å². The van der Waals surface area contributed by atoms with Gasteiger partial charge in [0.1, 0.15) is 0 Å². The van der Waals surface area contributed by atoms with Crippen LogP contribution in [0.25, 0.3) is 10.9 Å². The van der Waals surface area contributed by atoms with Crippen molar-refractivity contribution >= 4 is 22.8 Å². The van der Waals surface area contributed by atoms with Gasteiger partial charge in [0.05, 0.1) is 23.2 Å². The van der Waals surface area contributed by atoms with Crippen LogP contribution in [0.3, 0.4) is 0 Å². The molecule has 1 amide bonds. The number of aromatic amines is 1. The summed E-state index contributed by atoms with van der Waals surface area (Å²) in [5.41, 5.74) is 2.16. The molecule has 2 atom stereocenters. The van der Waals surface area contributed by atoms with Crippen LogP contribution in [0.15, 0.2) is 18.3 Å². The normalized spacial score (nSPS) is 21.6. The van der Waals surface area contributed by atoms with E-state index in [0.29, 0.717) is 23.9 Å². The number of nitrogens with one attached hydrogen (secondary N) is 2. The number of benzene rings is 1. The monoisotopic (exact) mass is 287 g/mol. The van der Waals surface area contributed by atoms with Crippen molar-refractivity contribution in [1.29, 1.82) is 0 Å². The van der Waals surface area contributed by atoms with Crippen molar-refractivity contribution in [2.75, 3.05) is 0 Å². The van der Waals surface area contributed by atoms with E-state index in [1.807, 2.05) is 13.0 Å². The summed E-state index contributed by atoms with van der Waals surface area (Å²) in [5, 5.41) is 19.7. The quantitative estimate of drug-likeness (QED) is 0.803.